The molecule has 3 rings (SSSR count). The highest BCUT2D eigenvalue weighted by molar-refractivity contribution is 5.96. The van der Waals surface area contributed by atoms with Crippen molar-refractivity contribution in [2.75, 3.05) is 31.5 Å². The first-order valence-electron chi connectivity index (χ1n) is 10.9. The number of nitrogen functional groups attached to an aromatic ring is 1. The second-order valence-electron chi connectivity index (χ2n) is 7.75. The van der Waals surface area contributed by atoms with Gasteiger partial charge in [0.2, 0.25) is 5.91 Å². The number of aliphatic carboxylic acids is 1. The number of hydrogen-bond acceptors (Lipinski definition) is 7. The number of hydrogen-bond donors (Lipinski definition) is 5. The fraction of sp³-hybridized carbons (Fsp3) is 0.192. The average Bonchev–Trinajstić information content (AvgIpc) is 2.87. The van der Waals surface area contributed by atoms with E-state index in [0.29, 0.717) is 22.7 Å². The molecular weight excluding hydrogens is 464 g/mol. The maximum atomic E-state index is 12.4. The van der Waals surface area contributed by atoms with Gasteiger partial charge in [-0.05, 0) is 35.9 Å². The number of amidine groups is 1. The fourth-order valence-corrected chi connectivity index (χ4v) is 3.43. The SMILES string of the molecule is COCC(=O)Nc1cc(OCc2ccccc2)c(OC)cc1C(Nc1ccc(C(=N)N)cc1)C(=O)O. The Balaban J connectivity index is 1.99. The van der Waals surface area contributed by atoms with Gasteiger partial charge in [-0.15, -0.1) is 0 Å². The normalized spacial score (nSPS) is 11.3. The van der Waals surface area contributed by atoms with E-state index in [1.54, 1.807) is 24.3 Å². The first-order valence-corrected chi connectivity index (χ1v) is 10.9. The van der Waals surface area contributed by atoms with Crippen molar-refractivity contribution in [2.45, 2.75) is 12.6 Å². The van der Waals surface area contributed by atoms with E-state index >= 15 is 0 Å². The number of carboxylic acid groups (broad SMARTS) is 1. The number of methoxy groups -OCH3 is 2. The Morgan fingerprint density at radius 1 is 1.03 bits per heavy atom. The summed E-state index contributed by atoms with van der Waals surface area (Å²) in [4.78, 5) is 24.7. The number of benzene rings is 3. The van der Waals surface area contributed by atoms with Gasteiger partial charge in [0.1, 0.15) is 19.0 Å². The minimum absolute atomic E-state index is 0.102. The van der Waals surface area contributed by atoms with Crippen LogP contribution in [0.4, 0.5) is 11.4 Å². The number of amides is 1. The Morgan fingerprint density at radius 2 is 1.72 bits per heavy atom. The molecule has 1 atom stereocenters. The van der Waals surface area contributed by atoms with Crippen LogP contribution in [-0.4, -0.2) is 43.6 Å². The average molecular weight is 493 g/mol. The van der Waals surface area contributed by atoms with Crippen LogP contribution < -0.4 is 25.8 Å². The summed E-state index contributed by atoms with van der Waals surface area (Å²) in [5.74, 6) is -1.13. The molecule has 0 bridgehead atoms. The summed E-state index contributed by atoms with van der Waals surface area (Å²) in [6.07, 6.45) is 0. The largest absolute Gasteiger partial charge is 0.493 e. The molecule has 6 N–H and O–H groups in total. The molecule has 10 heteroatoms. The fourth-order valence-electron chi connectivity index (χ4n) is 3.43. The molecule has 0 heterocycles. The zero-order chi connectivity index (χ0) is 26.1. The zero-order valence-corrected chi connectivity index (χ0v) is 19.9. The highest BCUT2D eigenvalue weighted by Crippen LogP contribution is 2.38. The van der Waals surface area contributed by atoms with Gasteiger partial charge in [-0.3, -0.25) is 10.2 Å². The summed E-state index contributed by atoms with van der Waals surface area (Å²) < 4.78 is 16.3. The van der Waals surface area contributed by atoms with Crippen LogP contribution in [0.1, 0.15) is 22.7 Å². The second kappa shape index (κ2) is 12.2. The Kier molecular flexibility index (Phi) is 8.84. The molecule has 0 radical (unpaired) electrons. The zero-order valence-electron chi connectivity index (χ0n) is 19.9. The molecule has 10 nitrogen and oxygen atoms in total. The lowest BCUT2D eigenvalue weighted by molar-refractivity contribution is -0.138. The van der Waals surface area contributed by atoms with E-state index in [1.807, 2.05) is 30.3 Å². The van der Waals surface area contributed by atoms with Crippen molar-refractivity contribution < 1.29 is 28.9 Å². The lowest BCUT2D eigenvalue weighted by atomic mass is 10.0. The van der Waals surface area contributed by atoms with Crippen molar-refractivity contribution in [3.63, 3.8) is 0 Å². The van der Waals surface area contributed by atoms with Crippen LogP contribution in [0.3, 0.4) is 0 Å². The van der Waals surface area contributed by atoms with Gasteiger partial charge in [0.15, 0.2) is 17.5 Å². The summed E-state index contributed by atoms with van der Waals surface area (Å²) in [6.45, 7) is 0.0223. The second-order valence-corrected chi connectivity index (χ2v) is 7.75. The number of carbonyl (C=O) groups is 2. The van der Waals surface area contributed by atoms with E-state index in [9.17, 15) is 14.7 Å². The van der Waals surface area contributed by atoms with Crippen LogP contribution in [0.15, 0.2) is 66.7 Å². The first kappa shape index (κ1) is 26.0. The molecule has 0 saturated heterocycles. The highest BCUT2D eigenvalue weighted by atomic mass is 16.5. The van der Waals surface area contributed by atoms with E-state index in [-0.39, 0.29) is 30.3 Å². The number of anilines is 2. The quantitative estimate of drug-likeness (QED) is 0.190. The minimum atomic E-state index is -1.26. The van der Waals surface area contributed by atoms with Crippen LogP contribution in [0.25, 0.3) is 0 Å². The number of carboxylic acids is 1. The lowest BCUT2D eigenvalue weighted by Gasteiger charge is -2.22. The topological polar surface area (TPSA) is 156 Å². The number of ether oxygens (including phenoxy) is 3. The molecule has 0 aromatic heterocycles. The molecule has 0 aliphatic carbocycles. The number of carbonyl (C=O) groups excluding carboxylic acids is 1. The minimum Gasteiger partial charge on any atom is -0.493 e. The van der Waals surface area contributed by atoms with Crippen molar-refractivity contribution in [3.05, 3.63) is 83.4 Å². The predicted octanol–water partition coefficient (Wildman–Crippen LogP) is 3.38. The molecule has 1 amide bonds. The van der Waals surface area contributed by atoms with Crippen molar-refractivity contribution in [3.8, 4) is 11.5 Å². The molecule has 3 aromatic carbocycles. The molecule has 0 aliphatic heterocycles. The molecule has 3 aromatic rings. The first-order chi connectivity index (χ1) is 17.3. The van der Waals surface area contributed by atoms with Gasteiger partial charge in [0, 0.05) is 30.0 Å². The molecule has 0 aliphatic rings. The molecule has 0 saturated carbocycles. The van der Waals surface area contributed by atoms with Crippen molar-refractivity contribution in [2.24, 2.45) is 5.73 Å². The molecule has 188 valence electrons. The van der Waals surface area contributed by atoms with Crippen LogP contribution in [0.2, 0.25) is 0 Å². The van der Waals surface area contributed by atoms with Gasteiger partial charge in [-0.1, -0.05) is 30.3 Å². The molecule has 0 spiro atoms. The standard InChI is InChI=1S/C26H28N4O6/c1-34-15-23(31)30-20-13-22(36-14-16-6-4-3-5-7-16)21(35-2)12-19(20)24(26(32)33)29-18-10-8-17(9-11-18)25(27)28/h3-13,24,29H,14-15H2,1-2H3,(H3,27,28)(H,30,31)(H,32,33). The Labute approximate surface area is 208 Å². The van der Waals surface area contributed by atoms with Gasteiger partial charge >= 0.3 is 5.97 Å². The van der Waals surface area contributed by atoms with E-state index in [1.165, 1.54) is 26.4 Å². The summed E-state index contributed by atoms with van der Waals surface area (Å²) >= 11 is 0. The molecule has 1 unspecified atom stereocenters. The van der Waals surface area contributed by atoms with E-state index in [0.717, 1.165) is 5.56 Å². The van der Waals surface area contributed by atoms with Gasteiger partial charge in [0.05, 0.1) is 12.8 Å². The summed E-state index contributed by atoms with van der Waals surface area (Å²) in [5.41, 5.74) is 7.86. The summed E-state index contributed by atoms with van der Waals surface area (Å²) in [5, 5.41) is 23.2. The van der Waals surface area contributed by atoms with Crippen molar-refractivity contribution in [1.82, 2.24) is 0 Å². The third-order valence-corrected chi connectivity index (χ3v) is 5.19. The highest BCUT2D eigenvalue weighted by Gasteiger charge is 2.26. The van der Waals surface area contributed by atoms with Crippen molar-refractivity contribution >= 4 is 29.1 Å². The summed E-state index contributed by atoms with van der Waals surface area (Å²) in [7, 11) is 2.83. The smallest absolute Gasteiger partial charge is 0.330 e. The summed E-state index contributed by atoms with van der Waals surface area (Å²) in [6, 6.07) is 17.7. The number of nitrogens with one attached hydrogen (secondary N) is 3. The van der Waals surface area contributed by atoms with Gasteiger partial charge in [0.25, 0.3) is 0 Å². The maximum absolute atomic E-state index is 12.4. The van der Waals surface area contributed by atoms with Crippen LogP contribution in [0.5, 0.6) is 11.5 Å². The van der Waals surface area contributed by atoms with Crippen LogP contribution >= 0.6 is 0 Å². The Bertz CT molecular complexity index is 1220. The maximum Gasteiger partial charge on any atom is 0.330 e. The molecular formula is C26H28N4O6. The van der Waals surface area contributed by atoms with Gasteiger partial charge < -0.3 is 35.7 Å². The number of nitrogens with two attached hydrogens (primary N) is 1. The predicted molar refractivity (Wildman–Crippen MR) is 136 cm³/mol. The van der Waals surface area contributed by atoms with Crippen molar-refractivity contribution in [1.29, 1.82) is 5.41 Å². The monoisotopic (exact) mass is 492 g/mol. The van der Waals surface area contributed by atoms with Crippen LogP contribution in [-0.2, 0) is 20.9 Å². The Hall–Kier alpha value is -4.57. The van der Waals surface area contributed by atoms with E-state index < -0.39 is 17.9 Å². The number of rotatable bonds is 12. The van der Waals surface area contributed by atoms with E-state index in [2.05, 4.69) is 10.6 Å². The third kappa shape index (κ3) is 6.73. The van der Waals surface area contributed by atoms with E-state index in [4.69, 9.17) is 25.4 Å². The Morgan fingerprint density at radius 3 is 2.31 bits per heavy atom. The third-order valence-electron chi connectivity index (χ3n) is 5.19. The molecule has 0 fully saturated rings. The molecule has 36 heavy (non-hydrogen) atoms. The van der Waals surface area contributed by atoms with Gasteiger partial charge in [-0.2, -0.15) is 0 Å². The van der Waals surface area contributed by atoms with Crippen LogP contribution in [0, 0.1) is 5.41 Å². The lowest BCUT2D eigenvalue weighted by Crippen LogP contribution is -2.24. The van der Waals surface area contributed by atoms with Gasteiger partial charge in [-0.25, -0.2) is 4.79 Å².